The van der Waals surface area contributed by atoms with E-state index in [0.29, 0.717) is 24.8 Å². The van der Waals surface area contributed by atoms with Gasteiger partial charge in [-0.2, -0.15) is 0 Å². The van der Waals surface area contributed by atoms with Gasteiger partial charge in [-0.05, 0) is 35.4 Å². The Balaban J connectivity index is 1.66. The number of nitrogens with one attached hydrogen (secondary N) is 1. The molecule has 116 valence electrons. The first-order chi connectivity index (χ1) is 10.8. The molecule has 0 radical (unpaired) electrons. The first-order valence-corrected chi connectivity index (χ1v) is 7.62. The summed E-state index contributed by atoms with van der Waals surface area (Å²) in [5, 5.41) is 13.6. The lowest BCUT2D eigenvalue weighted by Gasteiger charge is -2.20. The SMILES string of the molecule is OCC(NCc1ccc2c(c1)OCCO2)c1ccc(Cl)cc1. The molecule has 1 aliphatic heterocycles. The fraction of sp³-hybridized carbons (Fsp3) is 0.294. The van der Waals surface area contributed by atoms with Gasteiger partial charge >= 0.3 is 0 Å². The molecule has 4 nitrogen and oxygen atoms in total. The van der Waals surface area contributed by atoms with Gasteiger partial charge in [0, 0.05) is 11.6 Å². The van der Waals surface area contributed by atoms with Gasteiger partial charge in [0.25, 0.3) is 0 Å². The van der Waals surface area contributed by atoms with E-state index in [0.717, 1.165) is 22.6 Å². The van der Waals surface area contributed by atoms with Crippen molar-refractivity contribution in [2.75, 3.05) is 19.8 Å². The van der Waals surface area contributed by atoms with E-state index in [1.807, 2.05) is 42.5 Å². The lowest BCUT2D eigenvalue weighted by atomic mass is 10.1. The topological polar surface area (TPSA) is 50.7 Å². The summed E-state index contributed by atoms with van der Waals surface area (Å²) in [6, 6.07) is 13.2. The van der Waals surface area contributed by atoms with Gasteiger partial charge in [-0.25, -0.2) is 0 Å². The lowest BCUT2D eigenvalue weighted by molar-refractivity contribution is 0.171. The van der Waals surface area contributed by atoms with Gasteiger partial charge < -0.3 is 19.9 Å². The second kappa shape index (κ2) is 7.01. The Morgan fingerprint density at radius 3 is 2.50 bits per heavy atom. The molecule has 0 aromatic heterocycles. The molecular formula is C17H18ClNO3. The van der Waals surface area contributed by atoms with Crippen LogP contribution in [0.4, 0.5) is 0 Å². The zero-order valence-electron chi connectivity index (χ0n) is 12.1. The Hall–Kier alpha value is -1.75. The van der Waals surface area contributed by atoms with Crippen LogP contribution in [0.2, 0.25) is 5.02 Å². The number of halogens is 1. The van der Waals surface area contributed by atoms with E-state index in [4.69, 9.17) is 21.1 Å². The summed E-state index contributed by atoms with van der Waals surface area (Å²) in [7, 11) is 0. The van der Waals surface area contributed by atoms with Gasteiger partial charge in [-0.3, -0.25) is 0 Å². The number of hydrogen-bond donors (Lipinski definition) is 2. The molecule has 22 heavy (non-hydrogen) atoms. The molecule has 2 N–H and O–H groups in total. The molecule has 0 bridgehead atoms. The highest BCUT2D eigenvalue weighted by molar-refractivity contribution is 6.30. The fourth-order valence-electron chi connectivity index (χ4n) is 2.42. The van der Waals surface area contributed by atoms with Crippen LogP contribution < -0.4 is 14.8 Å². The minimum absolute atomic E-state index is 0.0200. The van der Waals surface area contributed by atoms with Gasteiger partial charge in [-0.15, -0.1) is 0 Å². The number of aliphatic hydroxyl groups excluding tert-OH is 1. The number of hydrogen-bond acceptors (Lipinski definition) is 4. The molecule has 1 aliphatic rings. The normalized spacial score (nSPS) is 14.6. The van der Waals surface area contributed by atoms with Crippen LogP contribution in [0.3, 0.4) is 0 Å². The van der Waals surface area contributed by atoms with Crippen molar-refractivity contribution in [3.05, 3.63) is 58.6 Å². The van der Waals surface area contributed by atoms with E-state index in [1.165, 1.54) is 0 Å². The molecule has 0 saturated heterocycles. The predicted octanol–water partition coefficient (Wildman–Crippen LogP) is 2.93. The highest BCUT2D eigenvalue weighted by Crippen LogP contribution is 2.30. The van der Waals surface area contributed by atoms with Crippen molar-refractivity contribution < 1.29 is 14.6 Å². The molecule has 0 aliphatic carbocycles. The first-order valence-electron chi connectivity index (χ1n) is 7.24. The van der Waals surface area contributed by atoms with E-state index in [9.17, 15) is 5.11 Å². The Kier molecular flexibility index (Phi) is 4.83. The van der Waals surface area contributed by atoms with Crippen molar-refractivity contribution in [2.45, 2.75) is 12.6 Å². The molecule has 0 fully saturated rings. The number of aliphatic hydroxyl groups is 1. The molecule has 5 heteroatoms. The van der Waals surface area contributed by atoms with E-state index < -0.39 is 0 Å². The van der Waals surface area contributed by atoms with Crippen LogP contribution in [-0.4, -0.2) is 24.9 Å². The predicted molar refractivity (Wildman–Crippen MR) is 85.6 cm³/mol. The highest BCUT2D eigenvalue weighted by atomic mass is 35.5. The summed E-state index contributed by atoms with van der Waals surface area (Å²) in [4.78, 5) is 0. The van der Waals surface area contributed by atoms with Gasteiger partial charge in [0.1, 0.15) is 13.2 Å². The third-order valence-corrected chi connectivity index (χ3v) is 3.87. The molecule has 0 saturated carbocycles. The van der Waals surface area contributed by atoms with Crippen LogP contribution in [0.1, 0.15) is 17.2 Å². The van der Waals surface area contributed by atoms with E-state index in [-0.39, 0.29) is 12.6 Å². The van der Waals surface area contributed by atoms with E-state index >= 15 is 0 Å². The van der Waals surface area contributed by atoms with Crippen LogP contribution in [0.15, 0.2) is 42.5 Å². The number of rotatable bonds is 5. The van der Waals surface area contributed by atoms with Gasteiger partial charge in [0.15, 0.2) is 11.5 Å². The van der Waals surface area contributed by atoms with Crippen molar-refractivity contribution in [3.8, 4) is 11.5 Å². The molecule has 3 rings (SSSR count). The molecule has 1 heterocycles. The first kappa shape index (κ1) is 15.2. The standard InChI is InChI=1S/C17H18ClNO3/c18-14-4-2-13(3-5-14)15(11-20)19-10-12-1-6-16-17(9-12)22-8-7-21-16/h1-6,9,15,19-20H,7-8,10-11H2. The molecule has 0 amide bonds. The molecule has 1 unspecified atom stereocenters. The summed E-state index contributed by atoms with van der Waals surface area (Å²) in [5.74, 6) is 1.56. The average molecular weight is 320 g/mol. The van der Waals surface area contributed by atoms with Crippen LogP contribution in [0.5, 0.6) is 11.5 Å². The third-order valence-electron chi connectivity index (χ3n) is 3.61. The summed E-state index contributed by atoms with van der Waals surface area (Å²) in [6.07, 6.45) is 0. The second-order valence-electron chi connectivity index (χ2n) is 5.15. The molecule has 2 aromatic carbocycles. The molecule has 1 atom stereocenters. The van der Waals surface area contributed by atoms with E-state index in [1.54, 1.807) is 0 Å². The van der Waals surface area contributed by atoms with Crippen LogP contribution in [0, 0.1) is 0 Å². The summed E-state index contributed by atoms with van der Waals surface area (Å²) in [6.45, 7) is 1.82. The Morgan fingerprint density at radius 1 is 1.05 bits per heavy atom. The maximum Gasteiger partial charge on any atom is 0.161 e. The maximum atomic E-state index is 9.58. The number of fused-ring (bicyclic) bond motifs is 1. The number of ether oxygens (including phenoxy) is 2. The van der Waals surface area contributed by atoms with Crippen molar-refractivity contribution in [3.63, 3.8) is 0 Å². The number of benzene rings is 2. The van der Waals surface area contributed by atoms with Crippen molar-refractivity contribution in [1.82, 2.24) is 5.32 Å². The van der Waals surface area contributed by atoms with Crippen LogP contribution in [-0.2, 0) is 6.54 Å². The highest BCUT2D eigenvalue weighted by Gasteiger charge is 2.13. The molecular weight excluding hydrogens is 302 g/mol. The van der Waals surface area contributed by atoms with Crippen LogP contribution in [0.25, 0.3) is 0 Å². The maximum absolute atomic E-state index is 9.58. The zero-order valence-corrected chi connectivity index (χ0v) is 12.8. The summed E-state index contributed by atoms with van der Waals surface area (Å²) < 4.78 is 11.1. The van der Waals surface area contributed by atoms with Crippen LogP contribution >= 0.6 is 11.6 Å². The van der Waals surface area contributed by atoms with Crippen molar-refractivity contribution in [1.29, 1.82) is 0 Å². The fourth-order valence-corrected chi connectivity index (χ4v) is 2.55. The van der Waals surface area contributed by atoms with Gasteiger partial charge in [0.2, 0.25) is 0 Å². The molecule has 0 spiro atoms. The smallest absolute Gasteiger partial charge is 0.161 e. The minimum atomic E-state index is -0.134. The summed E-state index contributed by atoms with van der Waals surface area (Å²) >= 11 is 5.89. The third kappa shape index (κ3) is 3.53. The largest absolute Gasteiger partial charge is 0.486 e. The van der Waals surface area contributed by atoms with Gasteiger partial charge in [-0.1, -0.05) is 29.8 Å². The van der Waals surface area contributed by atoms with Gasteiger partial charge in [0.05, 0.1) is 12.6 Å². The minimum Gasteiger partial charge on any atom is -0.486 e. The lowest BCUT2D eigenvalue weighted by Crippen LogP contribution is -2.24. The van der Waals surface area contributed by atoms with E-state index in [2.05, 4.69) is 5.32 Å². The Bertz CT molecular complexity index is 630. The summed E-state index contributed by atoms with van der Waals surface area (Å²) in [5.41, 5.74) is 2.08. The molecule has 2 aromatic rings. The Morgan fingerprint density at radius 2 is 1.77 bits per heavy atom. The average Bonchev–Trinajstić information content (AvgIpc) is 2.57. The quantitative estimate of drug-likeness (QED) is 0.889. The second-order valence-corrected chi connectivity index (χ2v) is 5.58. The zero-order chi connectivity index (χ0) is 15.4. The van der Waals surface area contributed by atoms with Crippen molar-refractivity contribution in [2.24, 2.45) is 0 Å². The Labute approximate surface area is 134 Å². The monoisotopic (exact) mass is 319 g/mol. The van der Waals surface area contributed by atoms with Crippen molar-refractivity contribution >= 4 is 11.6 Å².